The van der Waals surface area contributed by atoms with Crippen LogP contribution >= 0.6 is 0 Å². The predicted molar refractivity (Wildman–Crippen MR) is 50.7 cm³/mol. The molecule has 1 amide bonds. The van der Waals surface area contributed by atoms with Crippen LogP contribution in [0.1, 0.15) is 20.8 Å². The van der Waals surface area contributed by atoms with E-state index in [4.69, 9.17) is 4.74 Å². The molecule has 1 fully saturated rings. The number of nitrogens with zero attached hydrogens (tertiary/aromatic N) is 1. The van der Waals surface area contributed by atoms with E-state index < -0.39 is 0 Å². The van der Waals surface area contributed by atoms with E-state index in [1.54, 1.807) is 4.90 Å². The molecule has 1 saturated heterocycles. The van der Waals surface area contributed by atoms with E-state index in [2.05, 4.69) is 12.2 Å². The quantitative estimate of drug-likeness (QED) is 0.659. The van der Waals surface area contributed by atoms with E-state index in [1.165, 1.54) is 0 Å². The van der Waals surface area contributed by atoms with Crippen LogP contribution in [0.4, 0.5) is 4.79 Å². The lowest BCUT2D eigenvalue weighted by Crippen LogP contribution is -2.56. The average molecular weight is 186 g/mol. The summed E-state index contributed by atoms with van der Waals surface area (Å²) < 4.78 is 4.96. The van der Waals surface area contributed by atoms with Crippen molar-refractivity contribution in [3.63, 3.8) is 0 Å². The molecule has 0 aromatic heterocycles. The van der Waals surface area contributed by atoms with Gasteiger partial charge >= 0.3 is 6.09 Å². The van der Waals surface area contributed by atoms with Crippen molar-refractivity contribution >= 4 is 6.09 Å². The second-order valence-electron chi connectivity index (χ2n) is 3.51. The Morgan fingerprint density at radius 3 is 2.92 bits per heavy atom. The molecule has 1 aliphatic heterocycles. The fourth-order valence-electron chi connectivity index (χ4n) is 1.48. The number of nitrogens with one attached hydrogen (secondary N) is 1. The lowest BCUT2D eigenvalue weighted by atomic mass is 10.1. The van der Waals surface area contributed by atoms with E-state index in [1.807, 2.05) is 13.8 Å². The van der Waals surface area contributed by atoms with E-state index >= 15 is 0 Å². The van der Waals surface area contributed by atoms with Crippen LogP contribution in [0.2, 0.25) is 0 Å². The third-order valence-electron chi connectivity index (χ3n) is 2.27. The molecule has 1 aliphatic rings. The van der Waals surface area contributed by atoms with Gasteiger partial charge in [0.15, 0.2) is 0 Å². The van der Waals surface area contributed by atoms with Crippen LogP contribution in [0.25, 0.3) is 0 Å². The zero-order valence-electron chi connectivity index (χ0n) is 8.54. The van der Waals surface area contributed by atoms with Crippen molar-refractivity contribution in [1.29, 1.82) is 0 Å². The SMILES string of the molecule is CCOC(=O)N1C[C@@H](C)NC[C@@H]1C. The molecule has 13 heavy (non-hydrogen) atoms. The maximum atomic E-state index is 11.4. The number of hydrogen-bond donors (Lipinski definition) is 1. The molecule has 4 nitrogen and oxygen atoms in total. The molecule has 0 spiro atoms. The van der Waals surface area contributed by atoms with Crippen molar-refractivity contribution in [3.8, 4) is 0 Å². The molecule has 1 N–H and O–H groups in total. The lowest BCUT2D eigenvalue weighted by Gasteiger charge is -2.36. The van der Waals surface area contributed by atoms with Crippen LogP contribution in [-0.2, 0) is 4.74 Å². The first-order chi connectivity index (χ1) is 6.15. The van der Waals surface area contributed by atoms with Crippen LogP contribution in [0, 0.1) is 0 Å². The van der Waals surface area contributed by atoms with Crippen molar-refractivity contribution in [2.45, 2.75) is 32.9 Å². The van der Waals surface area contributed by atoms with Gasteiger partial charge in [0, 0.05) is 25.2 Å². The zero-order chi connectivity index (χ0) is 9.84. The normalized spacial score (nSPS) is 28.7. The Bertz CT molecular complexity index is 184. The maximum absolute atomic E-state index is 11.4. The number of ether oxygens (including phenoxy) is 1. The summed E-state index contributed by atoms with van der Waals surface area (Å²) in [6.07, 6.45) is -0.191. The first-order valence-electron chi connectivity index (χ1n) is 4.82. The summed E-state index contributed by atoms with van der Waals surface area (Å²) in [5.74, 6) is 0. The fraction of sp³-hybridized carbons (Fsp3) is 0.889. The van der Waals surface area contributed by atoms with Crippen molar-refractivity contribution < 1.29 is 9.53 Å². The molecule has 0 radical (unpaired) electrons. The smallest absolute Gasteiger partial charge is 0.410 e. The van der Waals surface area contributed by atoms with Crippen LogP contribution in [-0.4, -0.2) is 42.8 Å². The monoisotopic (exact) mass is 186 g/mol. The average Bonchev–Trinajstić information content (AvgIpc) is 2.09. The fourth-order valence-corrected chi connectivity index (χ4v) is 1.48. The zero-order valence-corrected chi connectivity index (χ0v) is 8.54. The summed E-state index contributed by atoms with van der Waals surface area (Å²) in [6.45, 7) is 7.95. The molecular weight excluding hydrogens is 168 g/mol. The number of amides is 1. The van der Waals surface area contributed by atoms with E-state index in [-0.39, 0.29) is 12.1 Å². The molecule has 1 rings (SSSR count). The Morgan fingerprint density at radius 2 is 2.31 bits per heavy atom. The number of rotatable bonds is 1. The van der Waals surface area contributed by atoms with Gasteiger partial charge in [0.05, 0.1) is 6.61 Å². The van der Waals surface area contributed by atoms with Crippen LogP contribution in [0.15, 0.2) is 0 Å². The van der Waals surface area contributed by atoms with Crippen molar-refractivity contribution in [1.82, 2.24) is 10.2 Å². The Kier molecular flexibility index (Phi) is 3.54. The number of hydrogen-bond acceptors (Lipinski definition) is 3. The summed E-state index contributed by atoms with van der Waals surface area (Å²) >= 11 is 0. The van der Waals surface area contributed by atoms with E-state index in [0.717, 1.165) is 13.1 Å². The lowest BCUT2D eigenvalue weighted by molar-refractivity contribution is 0.0773. The third kappa shape index (κ3) is 2.59. The first kappa shape index (κ1) is 10.3. The van der Waals surface area contributed by atoms with E-state index in [0.29, 0.717) is 12.6 Å². The first-order valence-corrected chi connectivity index (χ1v) is 4.82. The summed E-state index contributed by atoms with van der Waals surface area (Å²) in [7, 11) is 0. The van der Waals surface area contributed by atoms with Crippen molar-refractivity contribution in [2.24, 2.45) is 0 Å². The van der Waals surface area contributed by atoms with Gasteiger partial charge in [0.25, 0.3) is 0 Å². The minimum atomic E-state index is -0.191. The molecule has 0 aliphatic carbocycles. The maximum Gasteiger partial charge on any atom is 0.410 e. The second-order valence-corrected chi connectivity index (χ2v) is 3.51. The second kappa shape index (κ2) is 4.46. The van der Waals surface area contributed by atoms with Gasteiger partial charge in [-0.15, -0.1) is 0 Å². The van der Waals surface area contributed by atoms with Gasteiger partial charge in [-0.3, -0.25) is 0 Å². The van der Waals surface area contributed by atoms with Gasteiger partial charge in [-0.2, -0.15) is 0 Å². The molecule has 2 atom stereocenters. The molecule has 0 bridgehead atoms. The van der Waals surface area contributed by atoms with Crippen LogP contribution in [0.5, 0.6) is 0 Å². The van der Waals surface area contributed by atoms with Crippen molar-refractivity contribution in [2.75, 3.05) is 19.7 Å². The molecule has 0 aromatic rings. The van der Waals surface area contributed by atoms with Crippen LogP contribution < -0.4 is 5.32 Å². The minimum absolute atomic E-state index is 0.191. The molecule has 0 saturated carbocycles. The van der Waals surface area contributed by atoms with Gasteiger partial charge in [0.1, 0.15) is 0 Å². The number of carbonyl (C=O) groups excluding carboxylic acids is 1. The molecule has 0 aromatic carbocycles. The standard InChI is InChI=1S/C9H18N2O2/c1-4-13-9(12)11-6-7(2)10-5-8(11)3/h7-8,10H,4-6H2,1-3H3/t7-,8+/m1/s1. The van der Waals surface area contributed by atoms with E-state index in [9.17, 15) is 4.79 Å². The van der Waals surface area contributed by atoms with Gasteiger partial charge in [0.2, 0.25) is 0 Å². The molecule has 0 unspecified atom stereocenters. The third-order valence-corrected chi connectivity index (χ3v) is 2.27. The Morgan fingerprint density at radius 1 is 1.62 bits per heavy atom. The molecule has 1 heterocycles. The van der Waals surface area contributed by atoms with Crippen molar-refractivity contribution in [3.05, 3.63) is 0 Å². The summed E-state index contributed by atoms with van der Waals surface area (Å²) in [6, 6.07) is 0.593. The topological polar surface area (TPSA) is 41.6 Å². The molecular formula is C9H18N2O2. The van der Waals surface area contributed by atoms with Gasteiger partial charge in [-0.25, -0.2) is 4.79 Å². The molecule has 4 heteroatoms. The highest BCUT2D eigenvalue weighted by Crippen LogP contribution is 2.07. The summed E-state index contributed by atoms with van der Waals surface area (Å²) in [4.78, 5) is 13.2. The molecule has 76 valence electrons. The Hall–Kier alpha value is -0.770. The Labute approximate surface area is 79.2 Å². The number of piperazine rings is 1. The summed E-state index contributed by atoms with van der Waals surface area (Å²) in [5, 5.41) is 3.31. The van der Waals surface area contributed by atoms with Crippen LogP contribution in [0.3, 0.4) is 0 Å². The Balaban J connectivity index is 2.50. The minimum Gasteiger partial charge on any atom is -0.450 e. The van der Waals surface area contributed by atoms with Gasteiger partial charge in [-0.05, 0) is 20.8 Å². The highest BCUT2D eigenvalue weighted by atomic mass is 16.6. The van der Waals surface area contributed by atoms with Gasteiger partial charge in [-0.1, -0.05) is 0 Å². The predicted octanol–water partition coefficient (Wildman–Crippen LogP) is 0.825. The largest absolute Gasteiger partial charge is 0.450 e. The summed E-state index contributed by atoms with van der Waals surface area (Å²) in [5.41, 5.74) is 0. The van der Waals surface area contributed by atoms with Gasteiger partial charge < -0.3 is 15.0 Å². The highest BCUT2D eigenvalue weighted by Gasteiger charge is 2.27. The highest BCUT2D eigenvalue weighted by molar-refractivity contribution is 5.68. The number of carbonyl (C=O) groups is 1.